The second-order valence-electron chi connectivity index (χ2n) is 5.13. The van der Waals surface area contributed by atoms with Gasteiger partial charge in [-0.25, -0.2) is 13.1 Å². The first-order valence-electron chi connectivity index (χ1n) is 7.04. The van der Waals surface area contributed by atoms with E-state index in [1.165, 1.54) is 7.05 Å². The largest absolute Gasteiger partial charge is 0.320 e. The molecule has 1 aliphatic heterocycles. The summed E-state index contributed by atoms with van der Waals surface area (Å²) < 4.78 is 26.0. The lowest BCUT2D eigenvalue weighted by Crippen LogP contribution is -2.43. The molecule has 1 unspecified atom stereocenters. The molecule has 6 nitrogen and oxygen atoms in total. The Kier molecular flexibility index (Phi) is 4.65. The molecule has 0 bridgehead atoms. The molecule has 1 aromatic rings. The molecule has 1 heterocycles. The highest BCUT2D eigenvalue weighted by Crippen LogP contribution is 2.31. The highest BCUT2D eigenvalue weighted by molar-refractivity contribution is 7.89. The molecule has 0 spiro atoms. The first-order chi connectivity index (χ1) is 9.90. The minimum Gasteiger partial charge on any atom is -0.320 e. The minimum atomic E-state index is -3.52. The number of sulfonamides is 1. The van der Waals surface area contributed by atoms with Gasteiger partial charge in [-0.15, -0.1) is 0 Å². The van der Waals surface area contributed by atoms with E-state index in [9.17, 15) is 13.2 Å². The van der Waals surface area contributed by atoms with Crippen LogP contribution in [-0.4, -0.2) is 34.0 Å². The van der Waals surface area contributed by atoms with Gasteiger partial charge in [-0.05, 0) is 37.6 Å². The molecule has 1 aromatic carbocycles. The summed E-state index contributed by atoms with van der Waals surface area (Å²) in [5, 5.41) is 0. The van der Waals surface area contributed by atoms with Crippen LogP contribution in [0.25, 0.3) is 0 Å². The van der Waals surface area contributed by atoms with Crippen molar-refractivity contribution in [3.05, 3.63) is 23.8 Å². The van der Waals surface area contributed by atoms with Crippen LogP contribution in [0.15, 0.2) is 23.1 Å². The Morgan fingerprint density at radius 2 is 2.19 bits per heavy atom. The summed E-state index contributed by atoms with van der Waals surface area (Å²) in [6.45, 7) is 2.53. The predicted molar refractivity (Wildman–Crippen MR) is 81.6 cm³/mol. The Hall–Kier alpha value is -1.44. The van der Waals surface area contributed by atoms with Crippen LogP contribution in [0.3, 0.4) is 0 Å². The van der Waals surface area contributed by atoms with Crippen LogP contribution >= 0.6 is 0 Å². The molecule has 1 amide bonds. The molecule has 116 valence electrons. The number of hydrogen-bond donors (Lipinski definition) is 2. The van der Waals surface area contributed by atoms with E-state index in [4.69, 9.17) is 5.73 Å². The SMILES string of the molecule is CCCC(N)C(=O)N1CCc2ccc(S(=O)(=O)NC)cc21. The van der Waals surface area contributed by atoms with E-state index >= 15 is 0 Å². The molecule has 0 radical (unpaired) electrons. The fourth-order valence-corrected chi connectivity index (χ4v) is 3.26. The number of fused-ring (bicyclic) bond motifs is 1. The zero-order chi connectivity index (χ0) is 15.6. The number of rotatable bonds is 5. The number of carbonyl (C=O) groups excluding carboxylic acids is 1. The van der Waals surface area contributed by atoms with E-state index in [-0.39, 0.29) is 10.8 Å². The molecular formula is C14H21N3O3S. The number of anilines is 1. The summed E-state index contributed by atoms with van der Waals surface area (Å²) in [6.07, 6.45) is 2.18. The molecule has 0 saturated heterocycles. The van der Waals surface area contributed by atoms with Crippen molar-refractivity contribution in [3.63, 3.8) is 0 Å². The van der Waals surface area contributed by atoms with Crippen molar-refractivity contribution in [2.24, 2.45) is 5.73 Å². The molecule has 0 fully saturated rings. The summed E-state index contributed by atoms with van der Waals surface area (Å²) in [4.78, 5) is 14.1. The lowest BCUT2D eigenvalue weighted by Gasteiger charge is -2.21. The van der Waals surface area contributed by atoms with E-state index in [0.29, 0.717) is 18.7 Å². The second kappa shape index (κ2) is 6.13. The van der Waals surface area contributed by atoms with Gasteiger partial charge in [-0.1, -0.05) is 19.4 Å². The van der Waals surface area contributed by atoms with Crippen molar-refractivity contribution in [2.75, 3.05) is 18.5 Å². The Morgan fingerprint density at radius 3 is 2.81 bits per heavy atom. The van der Waals surface area contributed by atoms with Crippen LogP contribution in [0.5, 0.6) is 0 Å². The predicted octanol–water partition coefficient (Wildman–Crippen LogP) is 0.611. The lowest BCUT2D eigenvalue weighted by atomic mass is 10.1. The van der Waals surface area contributed by atoms with E-state index < -0.39 is 16.1 Å². The van der Waals surface area contributed by atoms with E-state index in [2.05, 4.69) is 4.72 Å². The number of hydrogen-bond acceptors (Lipinski definition) is 4. The quantitative estimate of drug-likeness (QED) is 0.833. The van der Waals surface area contributed by atoms with Gasteiger partial charge in [0.05, 0.1) is 10.9 Å². The van der Waals surface area contributed by atoms with Crippen LogP contribution in [0.4, 0.5) is 5.69 Å². The minimum absolute atomic E-state index is 0.144. The maximum Gasteiger partial charge on any atom is 0.243 e. The van der Waals surface area contributed by atoms with Crippen LogP contribution in [0.2, 0.25) is 0 Å². The lowest BCUT2D eigenvalue weighted by molar-refractivity contribution is -0.119. The molecule has 0 aromatic heterocycles. The zero-order valence-corrected chi connectivity index (χ0v) is 13.1. The van der Waals surface area contributed by atoms with Gasteiger partial charge in [0.15, 0.2) is 0 Å². The molecule has 1 atom stereocenters. The number of nitrogens with two attached hydrogens (primary N) is 1. The Labute approximate surface area is 125 Å². The maximum atomic E-state index is 12.4. The van der Waals surface area contributed by atoms with Gasteiger partial charge >= 0.3 is 0 Å². The molecule has 21 heavy (non-hydrogen) atoms. The van der Waals surface area contributed by atoms with Gasteiger partial charge in [-0.2, -0.15) is 0 Å². The second-order valence-corrected chi connectivity index (χ2v) is 7.02. The Balaban J connectivity index is 2.34. The van der Waals surface area contributed by atoms with Gasteiger partial charge in [0.2, 0.25) is 15.9 Å². The summed E-state index contributed by atoms with van der Waals surface area (Å²) >= 11 is 0. The first-order valence-corrected chi connectivity index (χ1v) is 8.52. The van der Waals surface area contributed by atoms with Gasteiger partial charge in [0.25, 0.3) is 0 Å². The van der Waals surface area contributed by atoms with E-state index in [0.717, 1.165) is 18.4 Å². The van der Waals surface area contributed by atoms with E-state index in [1.54, 1.807) is 23.1 Å². The molecule has 3 N–H and O–H groups in total. The molecule has 7 heteroatoms. The third kappa shape index (κ3) is 3.09. The van der Waals surface area contributed by atoms with Crippen LogP contribution in [0.1, 0.15) is 25.3 Å². The first kappa shape index (κ1) is 15.9. The fraction of sp³-hybridized carbons (Fsp3) is 0.500. The maximum absolute atomic E-state index is 12.4. The van der Waals surface area contributed by atoms with Crippen LogP contribution in [-0.2, 0) is 21.2 Å². The number of nitrogens with one attached hydrogen (secondary N) is 1. The van der Waals surface area contributed by atoms with Crippen molar-refractivity contribution in [1.29, 1.82) is 0 Å². The third-order valence-electron chi connectivity index (χ3n) is 3.71. The standard InChI is InChI=1S/C14H21N3O3S/c1-3-4-12(15)14(18)17-8-7-10-5-6-11(9-13(10)17)21(19,20)16-2/h5-6,9,12,16H,3-4,7-8,15H2,1-2H3. The molecule has 0 saturated carbocycles. The number of amides is 1. The highest BCUT2D eigenvalue weighted by Gasteiger charge is 2.29. The van der Waals surface area contributed by atoms with Crippen molar-refractivity contribution >= 4 is 21.6 Å². The van der Waals surface area contributed by atoms with Gasteiger partial charge in [0.1, 0.15) is 0 Å². The third-order valence-corrected chi connectivity index (χ3v) is 5.13. The van der Waals surface area contributed by atoms with Gasteiger partial charge in [-0.3, -0.25) is 4.79 Å². The normalized spacial score (nSPS) is 15.9. The Morgan fingerprint density at radius 1 is 1.48 bits per heavy atom. The molecule has 1 aliphatic rings. The molecule has 2 rings (SSSR count). The topological polar surface area (TPSA) is 92.5 Å². The number of nitrogens with zero attached hydrogens (tertiary/aromatic N) is 1. The fourth-order valence-electron chi connectivity index (χ4n) is 2.51. The molecular weight excluding hydrogens is 290 g/mol. The van der Waals surface area contributed by atoms with Gasteiger partial charge < -0.3 is 10.6 Å². The summed E-state index contributed by atoms with van der Waals surface area (Å²) in [7, 11) is -2.15. The summed E-state index contributed by atoms with van der Waals surface area (Å²) in [5.74, 6) is -0.144. The molecule has 0 aliphatic carbocycles. The number of benzene rings is 1. The van der Waals surface area contributed by atoms with Crippen molar-refractivity contribution in [1.82, 2.24) is 4.72 Å². The summed E-state index contributed by atoms with van der Waals surface area (Å²) in [6, 6.07) is 4.33. The smallest absolute Gasteiger partial charge is 0.243 e. The van der Waals surface area contributed by atoms with Gasteiger partial charge in [0, 0.05) is 12.2 Å². The average Bonchev–Trinajstić information content (AvgIpc) is 2.89. The van der Waals surface area contributed by atoms with Crippen LogP contribution < -0.4 is 15.4 Å². The summed E-state index contributed by atoms with van der Waals surface area (Å²) in [5.41, 5.74) is 7.52. The highest BCUT2D eigenvalue weighted by atomic mass is 32.2. The van der Waals surface area contributed by atoms with Crippen molar-refractivity contribution in [2.45, 2.75) is 37.1 Å². The van der Waals surface area contributed by atoms with Crippen LogP contribution in [0, 0.1) is 0 Å². The van der Waals surface area contributed by atoms with Crippen molar-refractivity contribution in [3.8, 4) is 0 Å². The number of carbonyl (C=O) groups is 1. The average molecular weight is 311 g/mol. The van der Waals surface area contributed by atoms with Crippen molar-refractivity contribution < 1.29 is 13.2 Å². The van der Waals surface area contributed by atoms with E-state index in [1.807, 2.05) is 6.92 Å². The Bertz CT molecular complexity index is 643. The monoisotopic (exact) mass is 311 g/mol. The zero-order valence-electron chi connectivity index (χ0n) is 12.3.